The number of nitrogens with one attached hydrogen (secondary N) is 1. The van der Waals surface area contributed by atoms with Crippen LogP contribution in [0, 0.1) is 5.92 Å². The van der Waals surface area contributed by atoms with Crippen molar-refractivity contribution in [2.45, 2.75) is 25.8 Å². The summed E-state index contributed by atoms with van der Waals surface area (Å²) in [5, 5.41) is 0. The van der Waals surface area contributed by atoms with Gasteiger partial charge in [-0.1, -0.05) is 30.3 Å². The number of piperidine rings is 1. The minimum Gasteiger partial charge on any atom is -0.351 e. The van der Waals surface area contributed by atoms with Crippen LogP contribution in [0.3, 0.4) is 0 Å². The quantitative estimate of drug-likeness (QED) is 0.861. The van der Waals surface area contributed by atoms with E-state index in [1.54, 1.807) is 4.90 Å². The smallest absolute Gasteiger partial charge is 0.314 e. The number of aromatic nitrogens is 2. The van der Waals surface area contributed by atoms with Gasteiger partial charge in [0.25, 0.3) is 0 Å². The number of aromatic amines is 1. The Morgan fingerprint density at radius 2 is 1.96 bits per heavy atom. The van der Waals surface area contributed by atoms with Crippen molar-refractivity contribution in [3.05, 3.63) is 41.7 Å². The largest absolute Gasteiger partial charge is 0.351 e. The number of urea groups is 1. The number of hydrogen-bond acceptors (Lipinski definition) is 3. The van der Waals surface area contributed by atoms with E-state index in [0.29, 0.717) is 26.2 Å². The lowest BCUT2D eigenvalue weighted by Gasteiger charge is -2.35. The molecule has 7 nitrogen and oxygen atoms in total. The van der Waals surface area contributed by atoms with E-state index >= 15 is 0 Å². The molecule has 0 aliphatic carbocycles. The van der Waals surface area contributed by atoms with Gasteiger partial charge in [-0.25, -0.2) is 9.78 Å². The number of rotatable bonds is 2. The second-order valence-corrected chi connectivity index (χ2v) is 7.01. The number of carbonyl (C=O) groups is 2. The zero-order valence-electron chi connectivity index (χ0n) is 14.6. The summed E-state index contributed by atoms with van der Waals surface area (Å²) in [5.74, 6) is 0.800. The molecule has 1 unspecified atom stereocenters. The number of likely N-dealkylation sites (tertiary alicyclic amines) is 1. The maximum atomic E-state index is 12.9. The second kappa shape index (κ2) is 6.82. The number of carbonyl (C=O) groups excluding carboxylic acids is 2. The molecule has 0 radical (unpaired) electrons. The first-order chi connectivity index (χ1) is 12.6. The standard InChI is InChI=1S/C19H23N5O2/c20-19(26)24-9-4-7-14(11-24)18(25)23-10-8-15-16(12-23)22-17(21-15)13-5-2-1-3-6-13/h1-3,5-6,14H,4,7-12H2,(H2,20,26)(H,21,22). The van der Waals surface area contributed by atoms with Crippen LogP contribution in [0.15, 0.2) is 30.3 Å². The predicted octanol–water partition coefficient (Wildman–Crippen LogP) is 1.75. The molecule has 2 aliphatic rings. The van der Waals surface area contributed by atoms with Crippen LogP contribution in [0.1, 0.15) is 24.2 Å². The number of H-pyrrole nitrogens is 1. The van der Waals surface area contributed by atoms with Crippen LogP contribution in [0.2, 0.25) is 0 Å². The van der Waals surface area contributed by atoms with Crippen LogP contribution in [0.4, 0.5) is 4.79 Å². The van der Waals surface area contributed by atoms with Gasteiger partial charge in [-0.3, -0.25) is 4.79 Å². The first-order valence-corrected chi connectivity index (χ1v) is 9.08. The van der Waals surface area contributed by atoms with Gasteiger partial charge in [0.1, 0.15) is 5.82 Å². The highest BCUT2D eigenvalue weighted by Gasteiger charge is 2.32. The van der Waals surface area contributed by atoms with Gasteiger partial charge >= 0.3 is 6.03 Å². The summed E-state index contributed by atoms with van der Waals surface area (Å²) in [7, 11) is 0. The molecule has 7 heteroatoms. The Bertz CT molecular complexity index is 817. The summed E-state index contributed by atoms with van der Waals surface area (Å²) < 4.78 is 0. The van der Waals surface area contributed by atoms with E-state index in [2.05, 4.69) is 4.98 Å². The van der Waals surface area contributed by atoms with Crippen molar-refractivity contribution in [3.8, 4) is 11.4 Å². The minimum atomic E-state index is -0.440. The van der Waals surface area contributed by atoms with Gasteiger partial charge in [-0.15, -0.1) is 0 Å². The van der Waals surface area contributed by atoms with E-state index in [1.807, 2.05) is 35.2 Å². The van der Waals surface area contributed by atoms with Crippen molar-refractivity contribution in [1.29, 1.82) is 0 Å². The number of benzene rings is 1. The molecule has 2 aliphatic heterocycles. The first kappa shape index (κ1) is 16.6. The fourth-order valence-electron chi connectivity index (χ4n) is 3.85. The van der Waals surface area contributed by atoms with E-state index in [9.17, 15) is 9.59 Å². The first-order valence-electron chi connectivity index (χ1n) is 9.08. The lowest BCUT2D eigenvalue weighted by Crippen LogP contribution is -2.49. The number of nitrogens with two attached hydrogens (primary N) is 1. The molecule has 3 N–H and O–H groups in total. The summed E-state index contributed by atoms with van der Waals surface area (Å²) in [4.78, 5) is 35.9. The Morgan fingerprint density at radius 1 is 1.15 bits per heavy atom. The van der Waals surface area contributed by atoms with E-state index in [4.69, 9.17) is 10.7 Å². The lowest BCUT2D eigenvalue weighted by atomic mass is 9.96. The fraction of sp³-hybridized carbons (Fsp3) is 0.421. The van der Waals surface area contributed by atoms with Gasteiger partial charge in [-0.05, 0) is 12.8 Å². The molecule has 2 aromatic rings. The van der Waals surface area contributed by atoms with E-state index < -0.39 is 6.03 Å². The third-order valence-electron chi connectivity index (χ3n) is 5.27. The third-order valence-corrected chi connectivity index (χ3v) is 5.27. The molecule has 0 bridgehead atoms. The van der Waals surface area contributed by atoms with Gasteiger partial charge in [0.05, 0.1) is 23.9 Å². The molecule has 1 fully saturated rings. The highest BCUT2D eigenvalue weighted by atomic mass is 16.2. The van der Waals surface area contributed by atoms with Crippen LogP contribution in [0.25, 0.3) is 11.4 Å². The van der Waals surface area contributed by atoms with Gasteiger partial charge in [0.15, 0.2) is 0 Å². The molecule has 1 saturated heterocycles. The summed E-state index contributed by atoms with van der Waals surface area (Å²) in [6, 6.07) is 9.55. The molecule has 3 heterocycles. The van der Waals surface area contributed by atoms with Crippen molar-refractivity contribution in [1.82, 2.24) is 19.8 Å². The van der Waals surface area contributed by atoms with Crippen molar-refractivity contribution in [2.75, 3.05) is 19.6 Å². The Labute approximate surface area is 152 Å². The highest BCUT2D eigenvalue weighted by molar-refractivity contribution is 5.81. The third kappa shape index (κ3) is 3.16. The van der Waals surface area contributed by atoms with Crippen LogP contribution in [0.5, 0.6) is 0 Å². The van der Waals surface area contributed by atoms with Crippen molar-refractivity contribution in [3.63, 3.8) is 0 Å². The van der Waals surface area contributed by atoms with Gasteiger partial charge in [0, 0.05) is 31.6 Å². The number of primary amides is 1. The molecule has 1 aromatic heterocycles. The molecule has 3 amide bonds. The van der Waals surface area contributed by atoms with Crippen LogP contribution >= 0.6 is 0 Å². The van der Waals surface area contributed by atoms with E-state index in [0.717, 1.165) is 42.0 Å². The molecule has 1 aromatic carbocycles. The monoisotopic (exact) mass is 353 g/mol. The van der Waals surface area contributed by atoms with Gasteiger partial charge in [0.2, 0.25) is 5.91 Å². The van der Waals surface area contributed by atoms with Crippen molar-refractivity contribution < 1.29 is 9.59 Å². The van der Waals surface area contributed by atoms with Crippen LogP contribution in [-0.2, 0) is 17.8 Å². The van der Waals surface area contributed by atoms with Crippen LogP contribution < -0.4 is 5.73 Å². The predicted molar refractivity (Wildman–Crippen MR) is 97.0 cm³/mol. The zero-order valence-corrected chi connectivity index (χ0v) is 14.6. The van der Waals surface area contributed by atoms with Crippen LogP contribution in [-0.4, -0.2) is 51.3 Å². The Morgan fingerprint density at radius 3 is 2.73 bits per heavy atom. The minimum absolute atomic E-state index is 0.109. The fourth-order valence-corrected chi connectivity index (χ4v) is 3.85. The van der Waals surface area contributed by atoms with Crippen molar-refractivity contribution >= 4 is 11.9 Å². The number of fused-ring (bicyclic) bond motifs is 1. The normalized spacial score (nSPS) is 19.9. The molecule has 0 saturated carbocycles. The summed E-state index contributed by atoms with van der Waals surface area (Å²) in [5.41, 5.74) is 8.47. The molecule has 1 atom stereocenters. The maximum Gasteiger partial charge on any atom is 0.314 e. The SMILES string of the molecule is NC(=O)N1CCCC(C(=O)N2CCc3nc(-c4ccccc4)[nH]c3C2)C1. The Hall–Kier alpha value is -2.83. The molecule has 0 spiro atoms. The molecular weight excluding hydrogens is 330 g/mol. The van der Waals surface area contributed by atoms with Crippen molar-refractivity contribution in [2.24, 2.45) is 11.7 Å². The number of imidazole rings is 1. The molecular formula is C19H23N5O2. The maximum absolute atomic E-state index is 12.9. The van der Waals surface area contributed by atoms with E-state index in [1.165, 1.54) is 0 Å². The summed E-state index contributed by atoms with van der Waals surface area (Å²) >= 11 is 0. The summed E-state index contributed by atoms with van der Waals surface area (Å²) in [6.07, 6.45) is 2.38. The van der Waals surface area contributed by atoms with Gasteiger partial charge < -0.3 is 20.5 Å². The Balaban J connectivity index is 1.47. The zero-order chi connectivity index (χ0) is 18.1. The lowest BCUT2D eigenvalue weighted by molar-refractivity contribution is -0.137. The highest BCUT2D eigenvalue weighted by Crippen LogP contribution is 2.25. The number of nitrogens with zero attached hydrogens (tertiary/aromatic N) is 3. The van der Waals surface area contributed by atoms with Gasteiger partial charge in [-0.2, -0.15) is 0 Å². The number of hydrogen-bond donors (Lipinski definition) is 2. The number of amides is 3. The molecule has 4 rings (SSSR count). The Kier molecular flexibility index (Phi) is 4.36. The molecule has 136 valence electrons. The molecule has 26 heavy (non-hydrogen) atoms. The topological polar surface area (TPSA) is 95.3 Å². The van der Waals surface area contributed by atoms with E-state index in [-0.39, 0.29) is 11.8 Å². The second-order valence-electron chi connectivity index (χ2n) is 7.01. The summed E-state index contributed by atoms with van der Waals surface area (Å²) in [6.45, 7) is 2.28. The average molecular weight is 353 g/mol. The average Bonchev–Trinajstić information content (AvgIpc) is 3.11.